The topological polar surface area (TPSA) is 78.4 Å². The van der Waals surface area contributed by atoms with Gasteiger partial charge >= 0.3 is 0 Å². The van der Waals surface area contributed by atoms with Crippen molar-refractivity contribution in [2.75, 3.05) is 11.9 Å². The van der Waals surface area contributed by atoms with Crippen molar-refractivity contribution in [3.63, 3.8) is 0 Å². The number of aliphatic hydroxyl groups excluding tert-OH is 1. The fourth-order valence-corrected chi connectivity index (χ4v) is 2.70. The zero-order chi connectivity index (χ0) is 17.6. The number of anilines is 1. The zero-order valence-electron chi connectivity index (χ0n) is 13.9. The van der Waals surface area contributed by atoms with Crippen LogP contribution in [0.3, 0.4) is 0 Å². The molecule has 2 amide bonds. The quantitative estimate of drug-likeness (QED) is 0.758. The molecule has 0 spiro atoms. The van der Waals surface area contributed by atoms with E-state index in [1.54, 1.807) is 24.3 Å². The predicted octanol–water partition coefficient (Wildman–Crippen LogP) is 2.89. The molecule has 5 heteroatoms. The fourth-order valence-electron chi connectivity index (χ4n) is 2.70. The van der Waals surface area contributed by atoms with E-state index in [-0.39, 0.29) is 24.3 Å². The number of aliphatic hydroxyl groups is 1. The van der Waals surface area contributed by atoms with Gasteiger partial charge in [-0.05, 0) is 42.7 Å². The molecule has 0 bridgehead atoms. The lowest BCUT2D eigenvalue weighted by atomic mass is 9.85. The van der Waals surface area contributed by atoms with Crippen LogP contribution in [-0.4, -0.2) is 23.5 Å². The van der Waals surface area contributed by atoms with Crippen LogP contribution in [-0.2, 0) is 4.79 Å². The SMILES string of the molecule is O=C(NCC(O)c1ccccc1)c1ccc(NC(=O)C2CCC2)cc1. The van der Waals surface area contributed by atoms with Crippen molar-refractivity contribution in [1.29, 1.82) is 0 Å². The molecule has 3 N–H and O–H groups in total. The molecule has 0 aliphatic heterocycles. The molecule has 1 saturated carbocycles. The standard InChI is InChI=1S/C20H22N2O3/c23-18(14-5-2-1-3-6-14)13-21-19(24)16-9-11-17(12-10-16)22-20(25)15-7-4-8-15/h1-3,5-6,9-12,15,18,23H,4,7-8,13H2,(H,21,24)(H,22,25). The maximum absolute atomic E-state index is 12.2. The first kappa shape index (κ1) is 17.2. The molecule has 1 atom stereocenters. The van der Waals surface area contributed by atoms with Crippen LogP contribution in [0.4, 0.5) is 5.69 Å². The highest BCUT2D eigenvalue weighted by molar-refractivity contribution is 5.96. The first-order chi connectivity index (χ1) is 12.1. The van der Waals surface area contributed by atoms with Gasteiger partial charge in [0.25, 0.3) is 5.91 Å². The highest BCUT2D eigenvalue weighted by Gasteiger charge is 2.25. The van der Waals surface area contributed by atoms with Crippen molar-refractivity contribution in [1.82, 2.24) is 5.32 Å². The van der Waals surface area contributed by atoms with Gasteiger partial charge in [-0.1, -0.05) is 36.8 Å². The van der Waals surface area contributed by atoms with Crippen LogP contribution < -0.4 is 10.6 Å². The van der Waals surface area contributed by atoms with E-state index in [4.69, 9.17) is 0 Å². The van der Waals surface area contributed by atoms with Crippen LogP contribution in [0.2, 0.25) is 0 Å². The fraction of sp³-hybridized carbons (Fsp3) is 0.300. The van der Waals surface area contributed by atoms with Gasteiger partial charge in [-0.2, -0.15) is 0 Å². The summed E-state index contributed by atoms with van der Waals surface area (Å²) < 4.78 is 0. The summed E-state index contributed by atoms with van der Waals surface area (Å²) in [6.07, 6.45) is 2.28. The third-order valence-electron chi connectivity index (χ3n) is 4.53. The number of rotatable bonds is 6. The number of amides is 2. The summed E-state index contributed by atoms with van der Waals surface area (Å²) in [5, 5.41) is 15.7. The summed E-state index contributed by atoms with van der Waals surface area (Å²) in [6.45, 7) is 0.142. The molecular weight excluding hydrogens is 316 g/mol. The molecular formula is C20H22N2O3. The van der Waals surface area contributed by atoms with Crippen molar-refractivity contribution in [2.45, 2.75) is 25.4 Å². The molecule has 5 nitrogen and oxygen atoms in total. The Morgan fingerprint density at radius 3 is 2.32 bits per heavy atom. The lowest BCUT2D eigenvalue weighted by Gasteiger charge is -2.24. The van der Waals surface area contributed by atoms with Gasteiger partial charge in [0.15, 0.2) is 0 Å². The highest BCUT2D eigenvalue weighted by atomic mass is 16.3. The maximum atomic E-state index is 12.2. The minimum Gasteiger partial charge on any atom is -0.387 e. The second-order valence-corrected chi connectivity index (χ2v) is 6.33. The Hall–Kier alpha value is -2.66. The number of hydrogen-bond acceptors (Lipinski definition) is 3. The number of benzene rings is 2. The molecule has 0 aromatic heterocycles. The molecule has 2 aromatic rings. The van der Waals surface area contributed by atoms with Gasteiger partial charge in [-0.15, -0.1) is 0 Å². The first-order valence-electron chi connectivity index (χ1n) is 8.55. The smallest absolute Gasteiger partial charge is 0.251 e. The van der Waals surface area contributed by atoms with Crippen LogP contribution in [0.15, 0.2) is 54.6 Å². The number of nitrogens with one attached hydrogen (secondary N) is 2. The average molecular weight is 338 g/mol. The van der Waals surface area contributed by atoms with E-state index < -0.39 is 6.10 Å². The molecule has 3 rings (SSSR count). The number of hydrogen-bond donors (Lipinski definition) is 3. The third-order valence-corrected chi connectivity index (χ3v) is 4.53. The van der Waals surface area contributed by atoms with E-state index in [0.717, 1.165) is 24.8 Å². The average Bonchev–Trinajstić information content (AvgIpc) is 2.59. The molecule has 1 aliphatic carbocycles. The third kappa shape index (κ3) is 4.45. The summed E-state index contributed by atoms with van der Waals surface area (Å²) in [6, 6.07) is 16.0. The van der Waals surface area contributed by atoms with E-state index in [1.807, 2.05) is 30.3 Å². The Kier molecular flexibility index (Phi) is 5.46. The Labute approximate surface area is 147 Å². The Bertz CT molecular complexity index is 724. The lowest BCUT2D eigenvalue weighted by molar-refractivity contribution is -0.122. The Balaban J connectivity index is 1.51. The lowest BCUT2D eigenvalue weighted by Crippen LogP contribution is -2.29. The van der Waals surface area contributed by atoms with Crippen LogP contribution in [0, 0.1) is 5.92 Å². The molecule has 2 aromatic carbocycles. The van der Waals surface area contributed by atoms with Gasteiger partial charge in [-0.25, -0.2) is 0 Å². The molecule has 0 saturated heterocycles. The van der Waals surface area contributed by atoms with E-state index in [9.17, 15) is 14.7 Å². The van der Waals surface area contributed by atoms with E-state index in [2.05, 4.69) is 10.6 Å². The molecule has 25 heavy (non-hydrogen) atoms. The molecule has 1 fully saturated rings. The summed E-state index contributed by atoms with van der Waals surface area (Å²) in [5.74, 6) is -0.0799. The second kappa shape index (κ2) is 7.94. The normalized spacial score (nSPS) is 15.1. The summed E-state index contributed by atoms with van der Waals surface area (Å²) >= 11 is 0. The monoisotopic (exact) mass is 338 g/mol. The maximum Gasteiger partial charge on any atom is 0.251 e. The summed E-state index contributed by atoms with van der Waals surface area (Å²) in [7, 11) is 0. The molecule has 0 heterocycles. The Morgan fingerprint density at radius 1 is 1.04 bits per heavy atom. The zero-order valence-corrected chi connectivity index (χ0v) is 13.9. The first-order valence-corrected chi connectivity index (χ1v) is 8.55. The van der Waals surface area contributed by atoms with Gasteiger partial charge in [0.2, 0.25) is 5.91 Å². The summed E-state index contributed by atoms with van der Waals surface area (Å²) in [5.41, 5.74) is 1.94. The molecule has 1 unspecified atom stereocenters. The minimum atomic E-state index is -0.744. The number of carbonyl (C=O) groups is 2. The van der Waals surface area contributed by atoms with Crippen molar-refractivity contribution in [2.24, 2.45) is 5.92 Å². The van der Waals surface area contributed by atoms with Gasteiger partial charge in [0.1, 0.15) is 0 Å². The van der Waals surface area contributed by atoms with E-state index in [0.29, 0.717) is 11.3 Å². The highest BCUT2D eigenvalue weighted by Crippen LogP contribution is 2.27. The van der Waals surface area contributed by atoms with E-state index >= 15 is 0 Å². The van der Waals surface area contributed by atoms with Crippen molar-refractivity contribution in [3.05, 3.63) is 65.7 Å². The van der Waals surface area contributed by atoms with Gasteiger partial charge < -0.3 is 15.7 Å². The van der Waals surface area contributed by atoms with Crippen LogP contribution in [0.5, 0.6) is 0 Å². The van der Waals surface area contributed by atoms with Gasteiger partial charge in [0, 0.05) is 23.7 Å². The molecule has 0 radical (unpaired) electrons. The van der Waals surface area contributed by atoms with Gasteiger partial charge in [0.05, 0.1) is 6.10 Å². The molecule has 1 aliphatic rings. The van der Waals surface area contributed by atoms with Crippen molar-refractivity contribution in [3.8, 4) is 0 Å². The summed E-state index contributed by atoms with van der Waals surface area (Å²) in [4.78, 5) is 24.1. The minimum absolute atomic E-state index is 0.0504. The van der Waals surface area contributed by atoms with Crippen LogP contribution >= 0.6 is 0 Å². The largest absolute Gasteiger partial charge is 0.387 e. The molecule has 130 valence electrons. The van der Waals surface area contributed by atoms with Crippen molar-refractivity contribution >= 4 is 17.5 Å². The second-order valence-electron chi connectivity index (χ2n) is 6.33. The number of carbonyl (C=O) groups excluding carboxylic acids is 2. The Morgan fingerprint density at radius 2 is 1.72 bits per heavy atom. The van der Waals surface area contributed by atoms with E-state index in [1.165, 1.54) is 0 Å². The van der Waals surface area contributed by atoms with Crippen molar-refractivity contribution < 1.29 is 14.7 Å². The predicted molar refractivity (Wildman–Crippen MR) is 96.1 cm³/mol. The van der Waals surface area contributed by atoms with Crippen LogP contribution in [0.1, 0.15) is 41.3 Å². The van der Waals surface area contributed by atoms with Gasteiger partial charge in [-0.3, -0.25) is 9.59 Å². The van der Waals surface area contributed by atoms with Crippen LogP contribution in [0.25, 0.3) is 0 Å².